The molecule has 0 aliphatic heterocycles. The summed E-state index contributed by atoms with van der Waals surface area (Å²) in [4.78, 5) is 6.20. The average molecular weight is 221 g/mol. The lowest BCUT2D eigenvalue weighted by Gasteiger charge is -1.99. The smallest absolute Gasteiger partial charge is 0.399 e. The van der Waals surface area contributed by atoms with Crippen LogP contribution in [0.3, 0.4) is 0 Å². The fraction of sp³-hybridized carbons (Fsp3) is 0. The highest BCUT2D eigenvalue weighted by Gasteiger charge is 2.13. The van der Waals surface area contributed by atoms with Crippen LogP contribution in [0.25, 0.3) is 0 Å². The van der Waals surface area contributed by atoms with Crippen LogP contribution in [0.4, 0.5) is 15.9 Å². The fourth-order valence-electron chi connectivity index (χ4n) is 1.14. The van der Waals surface area contributed by atoms with Crippen LogP contribution in [0.1, 0.15) is 0 Å². The molecule has 16 heavy (non-hydrogen) atoms. The number of hydrogen-bond donors (Lipinski definition) is 2. The molecule has 2 rings (SSSR count). The maximum absolute atomic E-state index is 12.8. The van der Waals surface area contributed by atoms with Crippen molar-refractivity contribution in [3.63, 3.8) is 0 Å². The maximum Gasteiger partial charge on any atom is 0.503 e. The monoisotopic (exact) mass is 221 g/mol. The molecule has 5 N–H and O–H groups in total. The number of aromatic nitrogens is 2. The lowest BCUT2D eigenvalue weighted by atomic mass is 10.3. The Bertz CT molecular complexity index is 518. The van der Waals surface area contributed by atoms with Crippen LogP contribution in [0.2, 0.25) is 0 Å². The summed E-state index contributed by atoms with van der Waals surface area (Å²) in [5.74, 6) is -0.354. The lowest BCUT2D eigenvalue weighted by Crippen LogP contribution is -2.12. The van der Waals surface area contributed by atoms with E-state index in [1.165, 1.54) is 0 Å². The third kappa shape index (κ3) is 2.17. The Hall–Kier alpha value is -2.37. The van der Waals surface area contributed by atoms with Crippen LogP contribution in [-0.2, 0) is 0 Å². The van der Waals surface area contributed by atoms with Gasteiger partial charge in [-0.2, -0.15) is 4.39 Å². The molecule has 0 atom stereocenters. The highest BCUT2D eigenvalue weighted by molar-refractivity contribution is 5.44. The van der Waals surface area contributed by atoms with Crippen LogP contribution in [-0.4, -0.2) is 4.98 Å². The minimum Gasteiger partial charge on any atom is -0.399 e. The van der Waals surface area contributed by atoms with Gasteiger partial charge in [0.1, 0.15) is 11.9 Å². The topological polar surface area (TPSA) is 88.3 Å². The number of benzene rings is 1. The van der Waals surface area contributed by atoms with Crippen LogP contribution in [0.15, 0.2) is 30.5 Å². The van der Waals surface area contributed by atoms with E-state index in [9.17, 15) is 4.39 Å². The molecule has 5 nitrogen and oxygen atoms in total. The Morgan fingerprint density at radius 1 is 1.31 bits per heavy atom. The number of aromatic amines is 1. The summed E-state index contributed by atoms with van der Waals surface area (Å²) in [6, 6.07) is 6.88. The summed E-state index contributed by atoms with van der Waals surface area (Å²) in [7, 11) is 0. The van der Waals surface area contributed by atoms with Gasteiger partial charge in [-0.05, 0) is 12.1 Å². The molecular formula is C10H10FN4O+. The van der Waals surface area contributed by atoms with E-state index in [1.807, 2.05) is 0 Å². The minimum absolute atomic E-state index is 0.101. The van der Waals surface area contributed by atoms with Crippen molar-refractivity contribution in [1.82, 2.24) is 4.98 Å². The van der Waals surface area contributed by atoms with E-state index in [1.54, 1.807) is 24.3 Å². The molecule has 0 saturated carbocycles. The van der Waals surface area contributed by atoms with Crippen molar-refractivity contribution in [2.45, 2.75) is 0 Å². The maximum atomic E-state index is 12.8. The third-order valence-corrected chi connectivity index (χ3v) is 1.86. The molecule has 0 amide bonds. The zero-order valence-corrected chi connectivity index (χ0v) is 8.27. The van der Waals surface area contributed by atoms with Crippen molar-refractivity contribution in [1.29, 1.82) is 0 Å². The van der Waals surface area contributed by atoms with Gasteiger partial charge in [-0.15, -0.1) is 0 Å². The van der Waals surface area contributed by atoms with Crippen molar-refractivity contribution in [2.24, 2.45) is 0 Å². The van der Waals surface area contributed by atoms with Gasteiger partial charge < -0.3 is 16.2 Å². The van der Waals surface area contributed by atoms with Gasteiger partial charge in [-0.1, -0.05) is 6.07 Å². The number of hydrogen-bond acceptors (Lipinski definition) is 4. The number of nitrogens with zero attached hydrogens (tertiary/aromatic N) is 1. The molecular weight excluding hydrogens is 211 g/mol. The first-order chi connectivity index (χ1) is 7.65. The molecule has 0 aliphatic rings. The van der Waals surface area contributed by atoms with Crippen LogP contribution < -0.4 is 21.2 Å². The van der Waals surface area contributed by atoms with E-state index in [0.29, 0.717) is 11.4 Å². The Kier molecular flexibility index (Phi) is 2.55. The van der Waals surface area contributed by atoms with Gasteiger partial charge in [0, 0.05) is 16.7 Å². The van der Waals surface area contributed by atoms with Crippen molar-refractivity contribution in [3.8, 4) is 11.8 Å². The summed E-state index contributed by atoms with van der Waals surface area (Å²) in [5.41, 5.74) is 11.4. The molecule has 82 valence electrons. The molecule has 1 heterocycles. The second-order valence-electron chi connectivity index (χ2n) is 3.11. The first-order valence-corrected chi connectivity index (χ1v) is 4.52. The highest BCUT2D eigenvalue weighted by atomic mass is 19.1. The molecule has 1 aromatic heterocycles. The van der Waals surface area contributed by atoms with Crippen molar-refractivity contribution in [3.05, 3.63) is 36.3 Å². The van der Waals surface area contributed by atoms with Crippen LogP contribution in [0, 0.1) is 5.82 Å². The second-order valence-corrected chi connectivity index (χ2v) is 3.11. The van der Waals surface area contributed by atoms with Gasteiger partial charge >= 0.3 is 6.01 Å². The Balaban J connectivity index is 2.24. The molecule has 6 heteroatoms. The Labute approximate surface area is 90.9 Å². The van der Waals surface area contributed by atoms with Crippen LogP contribution in [0.5, 0.6) is 11.8 Å². The molecule has 0 saturated heterocycles. The summed E-state index contributed by atoms with van der Waals surface area (Å²) >= 11 is 0. The Morgan fingerprint density at radius 3 is 2.81 bits per heavy atom. The second kappa shape index (κ2) is 4.01. The summed E-state index contributed by atoms with van der Waals surface area (Å²) < 4.78 is 18.1. The van der Waals surface area contributed by atoms with E-state index in [4.69, 9.17) is 16.2 Å². The van der Waals surface area contributed by atoms with E-state index in [0.717, 1.165) is 6.20 Å². The number of rotatable bonds is 2. The normalized spacial score (nSPS) is 10.1. The predicted octanol–water partition coefficient (Wildman–Crippen LogP) is 0.992. The summed E-state index contributed by atoms with van der Waals surface area (Å²) in [6.45, 7) is 0. The van der Waals surface area contributed by atoms with Gasteiger partial charge in [0.05, 0.1) is 0 Å². The standard InChI is InChI=1S/C10H9FN4O/c11-8-5-14-10(15-9(8)13)16-7-3-1-2-6(12)4-7/h1-5H,12H2,(H2,13,14,15)/p+1. The number of ether oxygens (including phenoxy) is 1. The van der Waals surface area contributed by atoms with Gasteiger partial charge in [0.15, 0.2) is 0 Å². The number of nitrogens with one attached hydrogen (secondary N) is 1. The van der Waals surface area contributed by atoms with Gasteiger partial charge in [0.25, 0.3) is 5.82 Å². The Morgan fingerprint density at radius 2 is 2.12 bits per heavy atom. The van der Waals surface area contributed by atoms with Gasteiger partial charge in [-0.25, -0.2) is 4.98 Å². The predicted molar refractivity (Wildman–Crippen MR) is 56.1 cm³/mol. The largest absolute Gasteiger partial charge is 0.503 e. The molecule has 0 radical (unpaired) electrons. The molecule has 1 aromatic carbocycles. The number of H-pyrrole nitrogens is 1. The average Bonchev–Trinajstić information content (AvgIpc) is 2.24. The van der Waals surface area contributed by atoms with E-state index >= 15 is 0 Å². The molecule has 0 aliphatic carbocycles. The van der Waals surface area contributed by atoms with Crippen molar-refractivity contribution >= 4 is 11.5 Å². The molecule has 0 spiro atoms. The first kappa shape index (κ1) is 10.2. The highest BCUT2D eigenvalue weighted by Crippen LogP contribution is 2.19. The summed E-state index contributed by atoms with van der Waals surface area (Å²) in [6.07, 6.45) is 1.07. The quantitative estimate of drug-likeness (QED) is 0.740. The summed E-state index contributed by atoms with van der Waals surface area (Å²) in [5, 5.41) is 0. The molecule has 0 fully saturated rings. The minimum atomic E-state index is -0.625. The number of anilines is 2. The number of nitrogen functional groups attached to an aromatic ring is 2. The van der Waals surface area contributed by atoms with Crippen molar-refractivity contribution < 1.29 is 14.1 Å². The molecule has 0 unspecified atom stereocenters. The molecule has 2 aromatic rings. The zero-order chi connectivity index (χ0) is 11.5. The zero-order valence-electron chi connectivity index (χ0n) is 8.27. The van der Waals surface area contributed by atoms with Gasteiger partial charge in [-0.3, -0.25) is 0 Å². The van der Waals surface area contributed by atoms with E-state index < -0.39 is 5.82 Å². The number of nitrogens with two attached hydrogens (primary N) is 2. The third-order valence-electron chi connectivity index (χ3n) is 1.86. The van der Waals surface area contributed by atoms with E-state index in [-0.39, 0.29) is 11.8 Å². The lowest BCUT2D eigenvalue weighted by molar-refractivity contribution is -0.398. The van der Waals surface area contributed by atoms with Crippen molar-refractivity contribution in [2.75, 3.05) is 11.5 Å². The van der Waals surface area contributed by atoms with E-state index in [2.05, 4.69) is 9.97 Å². The molecule has 0 bridgehead atoms. The first-order valence-electron chi connectivity index (χ1n) is 4.52. The SMILES string of the molecule is Nc1cccc(Oc2nc(N)c(F)c[nH+]2)c1. The van der Waals surface area contributed by atoms with Crippen LogP contribution >= 0.6 is 0 Å². The van der Waals surface area contributed by atoms with Gasteiger partial charge in [0.2, 0.25) is 5.82 Å². The number of halogens is 1. The fourth-order valence-corrected chi connectivity index (χ4v) is 1.14.